The van der Waals surface area contributed by atoms with Gasteiger partial charge in [-0.15, -0.1) is 11.3 Å². The van der Waals surface area contributed by atoms with Gasteiger partial charge in [-0.3, -0.25) is 9.88 Å². The van der Waals surface area contributed by atoms with E-state index in [-0.39, 0.29) is 6.10 Å². The number of halogens is 1. The minimum absolute atomic E-state index is 0.108. The molecule has 186 valence electrons. The number of nitrogens with one attached hydrogen (secondary N) is 1. The molecule has 1 saturated heterocycles. The van der Waals surface area contributed by atoms with E-state index < -0.39 is 11.8 Å². The Morgan fingerprint density at radius 2 is 2.08 bits per heavy atom. The zero-order chi connectivity index (χ0) is 24.9. The number of benzene rings is 1. The van der Waals surface area contributed by atoms with Gasteiger partial charge < -0.3 is 19.6 Å². The summed E-state index contributed by atoms with van der Waals surface area (Å²) in [4.78, 5) is 27.0. The van der Waals surface area contributed by atoms with Crippen molar-refractivity contribution in [3.05, 3.63) is 75.6 Å². The minimum atomic E-state index is -1.00. The van der Waals surface area contributed by atoms with Crippen LogP contribution in [0.25, 0.3) is 10.3 Å². The predicted molar refractivity (Wildman–Crippen MR) is 136 cm³/mol. The Bertz CT molecular complexity index is 1380. The molecule has 0 bridgehead atoms. The number of thiophene rings is 1. The van der Waals surface area contributed by atoms with Crippen molar-refractivity contribution in [3.8, 4) is 5.75 Å². The highest BCUT2D eigenvalue weighted by atomic mass is 35.5. The van der Waals surface area contributed by atoms with Crippen LogP contribution in [0.1, 0.15) is 52.6 Å². The van der Waals surface area contributed by atoms with Gasteiger partial charge in [0.1, 0.15) is 27.0 Å². The van der Waals surface area contributed by atoms with Gasteiger partial charge in [-0.2, -0.15) is 0 Å². The maximum atomic E-state index is 11.2. The molecule has 4 aromatic rings. The van der Waals surface area contributed by atoms with E-state index in [2.05, 4.69) is 25.9 Å². The Hall–Kier alpha value is -2.98. The average molecular weight is 525 g/mol. The Labute approximate surface area is 216 Å². The number of ether oxygens (including phenoxy) is 2. The molecule has 0 amide bonds. The third-order valence-corrected chi connectivity index (χ3v) is 8.19. The van der Waals surface area contributed by atoms with E-state index in [4.69, 9.17) is 26.2 Å². The number of pyridine rings is 1. The standard InChI is InChI=1S/C26H25ClN4O4S/c1-26(21-7-6-16(27)13-28-21)34-19-5-3-2-4-17(19)23(35-26)15-8-10-31(11-9-15)14-22-29-18-12-20(25(32)33)36-24(18)30-22/h2-7,12-13,15,23H,8-11,14H2,1H3,(H,29,30)(H,32,33)/t23-,26+/m0/s1. The number of aromatic amines is 1. The first-order valence-corrected chi connectivity index (χ1v) is 13.1. The van der Waals surface area contributed by atoms with Gasteiger partial charge in [-0.05, 0) is 56.1 Å². The van der Waals surface area contributed by atoms with E-state index in [1.54, 1.807) is 18.3 Å². The van der Waals surface area contributed by atoms with E-state index in [9.17, 15) is 4.79 Å². The molecule has 0 aliphatic carbocycles. The molecule has 2 atom stereocenters. The van der Waals surface area contributed by atoms with Crippen LogP contribution in [0, 0.1) is 5.92 Å². The smallest absolute Gasteiger partial charge is 0.346 e. The third-order valence-electron chi connectivity index (χ3n) is 6.95. The zero-order valence-corrected chi connectivity index (χ0v) is 21.2. The minimum Gasteiger partial charge on any atom is -0.477 e. The van der Waals surface area contributed by atoms with E-state index in [0.29, 0.717) is 28.1 Å². The van der Waals surface area contributed by atoms with E-state index >= 15 is 0 Å². The monoisotopic (exact) mass is 524 g/mol. The fourth-order valence-corrected chi connectivity index (χ4v) is 6.08. The van der Waals surface area contributed by atoms with Gasteiger partial charge in [0.25, 0.3) is 5.79 Å². The number of aromatic nitrogens is 3. The lowest BCUT2D eigenvalue weighted by molar-refractivity contribution is -0.244. The number of hydrogen-bond donors (Lipinski definition) is 2. The van der Waals surface area contributed by atoms with Crippen molar-refractivity contribution in [2.45, 2.75) is 38.2 Å². The van der Waals surface area contributed by atoms with Crippen LogP contribution in [0.2, 0.25) is 5.02 Å². The maximum Gasteiger partial charge on any atom is 0.346 e. The van der Waals surface area contributed by atoms with Gasteiger partial charge >= 0.3 is 5.97 Å². The second-order valence-corrected chi connectivity index (χ2v) is 10.9. The SMILES string of the molecule is C[C@@]1(c2ccc(Cl)cn2)Oc2ccccc2[C@H](C2CCN(Cc3nc4sc(C(=O)O)cc4[nH]3)CC2)O1. The number of hydrogen-bond acceptors (Lipinski definition) is 7. The lowest BCUT2D eigenvalue weighted by Crippen LogP contribution is -2.43. The second kappa shape index (κ2) is 9.15. The van der Waals surface area contributed by atoms with Crippen LogP contribution in [0.15, 0.2) is 48.7 Å². The summed E-state index contributed by atoms with van der Waals surface area (Å²) < 4.78 is 13.0. The summed E-state index contributed by atoms with van der Waals surface area (Å²) in [5.74, 6) is 0.0914. The van der Waals surface area contributed by atoms with Crippen LogP contribution in [0.4, 0.5) is 0 Å². The molecule has 0 spiro atoms. The molecule has 1 fully saturated rings. The van der Waals surface area contributed by atoms with Crippen LogP contribution in [0.5, 0.6) is 5.75 Å². The van der Waals surface area contributed by atoms with E-state index in [0.717, 1.165) is 53.4 Å². The van der Waals surface area contributed by atoms with Crippen LogP contribution in [-0.2, 0) is 17.1 Å². The van der Waals surface area contributed by atoms with Crippen LogP contribution >= 0.6 is 22.9 Å². The van der Waals surface area contributed by atoms with Gasteiger partial charge in [0.2, 0.25) is 0 Å². The first-order chi connectivity index (χ1) is 17.4. The number of imidazole rings is 1. The molecule has 10 heteroatoms. The summed E-state index contributed by atoms with van der Waals surface area (Å²) in [6, 6.07) is 13.4. The lowest BCUT2D eigenvalue weighted by atomic mass is 9.86. The number of carboxylic acids is 1. The molecule has 6 rings (SSSR count). The second-order valence-electron chi connectivity index (χ2n) is 9.42. The fourth-order valence-electron chi connectivity index (χ4n) is 5.12. The van der Waals surface area contributed by atoms with Gasteiger partial charge in [-0.25, -0.2) is 9.78 Å². The molecule has 8 nitrogen and oxygen atoms in total. The molecular weight excluding hydrogens is 500 g/mol. The lowest BCUT2D eigenvalue weighted by Gasteiger charge is -2.44. The summed E-state index contributed by atoms with van der Waals surface area (Å²) in [6.45, 7) is 4.45. The maximum absolute atomic E-state index is 11.2. The fraction of sp³-hybridized carbons (Fsp3) is 0.346. The summed E-state index contributed by atoms with van der Waals surface area (Å²) in [5, 5.41) is 9.74. The number of piperidine rings is 1. The molecule has 5 heterocycles. The Morgan fingerprint density at radius 3 is 2.81 bits per heavy atom. The molecule has 2 aliphatic rings. The molecule has 36 heavy (non-hydrogen) atoms. The van der Waals surface area contributed by atoms with Crippen LogP contribution in [-0.4, -0.2) is 44.0 Å². The van der Waals surface area contributed by atoms with Gasteiger partial charge in [-0.1, -0.05) is 29.8 Å². The number of carbonyl (C=O) groups is 1. The van der Waals surface area contributed by atoms with Crippen molar-refractivity contribution >= 4 is 39.3 Å². The highest BCUT2D eigenvalue weighted by Crippen LogP contribution is 2.48. The molecule has 2 N–H and O–H groups in total. The Balaban J connectivity index is 1.16. The van der Waals surface area contributed by atoms with Crippen molar-refractivity contribution in [3.63, 3.8) is 0 Å². The Morgan fingerprint density at radius 1 is 1.28 bits per heavy atom. The first-order valence-electron chi connectivity index (χ1n) is 11.9. The summed E-state index contributed by atoms with van der Waals surface area (Å²) >= 11 is 7.25. The predicted octanol–water partition coefficient (Wildman–Crippen LogP) is 5.61. The average Bonchev–Trinajstić information content (AvgIpc) is 3.43. The number of H-pyrrole nitrogens is 1. The quantitative estimate of drug-likeness (QED) is 0.350. The highest BCUT2D eigenvalue weighted by Gasteiger charge is 2.44. The highest BCUT2D eigenvalue weighted by molar-refractivity contribution is 7.20. The van der Waals surface area contributed by atoms with Crippen LogP contribution < -0.4 is 4.74 Å². The molecule has 0 unspecified atom stereocenters. The van der Waals surface area contributed by atoms with Gasteiger partial charge in [0, 0.05) is 18.7 Å². The number of nitrogens with zero attached hydrogens (tertiary/aromatic N) is 3. The largest absolute Gasteiger partial charge is 0.477 e. The van der Waals surface area contributed by atoms with Gasteiger partial charge in [0.15, 0.2) is 0 Å². The molecule has 0 saturated carbocycles. The molecule has 1 aromatic carbocycles. The number of carboxylic acid groups (broad SMARTS) is 1. The molecular formula is C26H25ClN4O4S. The molecule has 2 aliphatic heterocycles. The van der Waals surface area contributed by atoms with Crippen molar-refractivity contribution in [1.29, 1.82) is 0 Å². The van der Waals surface area contributed by atoms with E-state index in [1.807, 2.05) is 31.2 Å². The summed E-state index contributed by atoms with van der Waals surface area (Å²) in [5.41, 5.74) is 2.54. The van der Waals surface area contributed by atoms with Crippen molar-refractivity contribution in [2.75, 3.05) is 13.1 Å². The topological polar surface area (TPSA) is 101 Å². The normalized spacial score (nSPS) is 22.9. The molecule has 3 aromatic heterocycles. The zero-order valence-electron chi connectivity index (χ0n) is 19.6. The summed E-state index contributed by atoms with van der Waals surface area (Å²) in [6.07, 6.45) is 3.45. The van der Waals surface area contributed by atoms with Crippen molar-refractivity contribution in [1.82, 2.24) is 19.9 Å². The van der Waals surface area contributed by atoms with Crippen molar-refractivity contribution in [2.24, 2.45) is 5.92 Å². The first kappa shape index (κ1) is 23.4. The molecule has 0 radical (unpaired) electrons. The van der Waals surface area contributed by atoms with Gasteiger partial charge in [0.05, 0.1) is 23.2 Å². The van der Waals surface area contributed by atoms with Crippen molar-refractivity contribution < 1.29 is 19.4 Å². The number of rotatable bonds is 5. The number of likely N-dealkylation sites (tertiary alicyclic amines) is 1. The van der Waals surface area contributed by atoms with E-state index in [1.165, 1.54) is 11.3 Å². The summed E-state index contributed by atoms with van der Waals surface area (Å²) in [7, 11) is 0. The Kier molecular flexibility index (Phi) is 5.95. The number of aromatic carboxylic acids is 1. The van der Waals surface area contributed by atoms with Crippen LogP contribution in [0.3, 0.4) is 0 Å². The number of fused-ring (bicyclic) bond motifs is 2. The number of para-hydroxylation sites is 1. The third kappa shape index (κ3) is 4.37.